The largest absolute Gasteiger partial charge is 0.456 e. The Balaban J connectivity index is 1.19. The molecular weight excluding hydrogens is 558 g/mol. The summed E-state index contributed by atoms with van der Waals surface area (Å²) in [5, 5.41) is 7.22. The fraction of sp³-hybridized carbons (Fsp3) is 0. The minimum Gasteiger partial charge on any atom is -0.456 e. The monoisotopic (exact) mass is 587 g/mol. The predicted molar refractivity (Wildman–Crippen MR) is 194 cm³/mol. The van der Waals surface area contributed by atoms with Crippen LogP contribution in [-0.2, 0) is 0 Å². The van der Waals surface area contributed by atoms with Gasteiger partial charge in [-0.15, -0.1) is 0 Å². The number of hydrogen-bond donors (Lipinski definition) is 0. The van der Waals surface area contributed by atoms with Crippen LogP contribution in [0, 0.1) is 0 Å². The van der Waals surface area contributed by atoms with Gasteiger partial charge in [0.1, 0.15) is 11.2 Å². The highest BCUT2D eigenvalue weighted by atomic mass is 16.3. The highest BCUT2D eigenvalue weighted by Gasteiger charge is 2.19. The maximum absolute atomic E-state index is 6.32. The molecule has 0 aliphatic rings. The lowest BCUT2D eigenvalue weighted by atomic mass is 9.98. The number of anilines is 3. The molecule has 0 radical (unpaired) electrons. The number of para-hydroxylation sites is 1. The normalized spacial score (nSPS) is 11.5. The Kier molecular flexibility index (Phi) is 6.17. The molecule has 0 atom stereocenters. The molecular formula is C44H29NO. The number of hydrogen-bond acceptors (Lipinski definition) is 2. The van der Waals surface area contributed by atoms with Gasteiger partial charge < -0.3 is 9.32 Å². The van der Waals surface area contributed by atoms with Gasteiger partial charge in [-0.2, -0.15) is 0 Å². The molecule has 0 fully saturated rings. The van der Waals surface area contributed by atoms with Gasteiger partial charge in [0.2, 0.25) is 0 Å². The maximum Gasteiger partial charge on any atom is 0.137 e. The second-order valence-electron chi connectivity index (χ2n) is 11.8. The van der Waals surface area contributed by atoms with E-state index >= 15 is 0 Å². The van der Waals surface area contributed by atoms with Crippen LogP contribution in [-0.4, -0.2) is 0 Å². The molecule has 216 valence electrons. The minimum absolute atomic E-state index is 0.879. The molecule has 8 aromatic carbocycles. The molecule has 1 aromatic heterocycles. The number of furan rings is 1. The molecule has 0 saturated heterocycles. The molecule has 0 saturated carbocycles. The Labute approximate surface area is 267 Å². The molecule has 9 rings (SSSR count). The standard InChI is InChI=1S/C44H29NO/c1-2-11-34-29-35(20-19-30(34)9-1)31-21-25-36(26-22-31)45(41-16-8-18-43-44(41)40-14-5-6-17-42(40)46-43)37-27-23-33(24-28-37)39-15-7-12-32-10-3-4-13-38(32)39/h1-29H. The fourth-order valence-electron chi connectivity index (χ4n) is 6.81. The molecule has 0 aliphatic heterocycles. The van der Waals surface area contributed by atoms with Gasteiger partial charge in [-0.05, 0) is 92.3 Å². The lowest BCUT2D eigenvalue weighted by molar-refractivity contribution is 0.669. The van der Waals surface area contributed by atoms with Crippen molar-refractivity contribution in [3.63, 3.8) is 0 Å². The summed E-state index contributed by atoms with van der Waals surface area (Å²) in [6.45, 7) is 0. The van der Waals surface area contributed by atoms with Crippen LogP contribution >= 0.6 is 0 Å². The molecule has 9 aromatic rings. The van der Waals surface area contributed by atoms with E-state index in [1.165, 1.54) is 43.8 Å². The number of fused-ring (bicyclic) bond motifs is 5. The van der Waals surface area contributed by atoms with Crippen molar-refractivity contribution < 1.29 is 4.42 Å². The molecule has 1 heterocycles. The summed E-state index contributed by atoms with van der Waals surface area (Å²) in [6, 6.07) is 62.8. The zero-order valence-electron chi connectivity index (χ0n) is 25.1. The molecule has 46 heavy (non-hydrogen) atoms. The smallest absolute Gasteiger partial charge is 0.137 e. The SMILES string of the molecule is c1ccc2cc(-c3ccc(N(c4ccc(-c5cccc6ccccc56)cc4)c4cccc5oc6ccccc6c45)cc3)ccc2c1. The molecule has 0 unspecified atom stereocenters. The van der Waals surface area contributed by atoms with Gasteiger partial charge in [-0.1, -0.05) is 127 Å². The molecule has 0 amide bonds. The Morgan fingerprint density at radius 1 is 0.370 bits per heavy atom. The van der Waals surface area contributed by atoms with Crippen LogP contribution in [0.4, 0.5) is 17.1 Å². The van der Waals surface area contributed by atoms with Crippen LogP contribution in [0.3, 0.4) is 0 Å². The summed E-state index contributed by atoms with van der Waals surface area (Å²) in [5.74, 6) is 0. The van der Waals surface area contributed by atoms with Crippen molar-refractivity contribution in [2.24, 2.45) is 0 Å². The summed E-state index contributed by atoms with van der Waals surface area (Å²) >= 11 is 0. The summed E-state index contributed by atoms with van der Waals surface area (Å²) in [6.07, 6.45) is 0. The van der Waals surface area contributed by atoms with E-state index in [1.807, 2.05) is 12.1 Å². The van der Waals surface area contributed by atoms with Crippen molar-refractivity contribution in [3.8, 4) is 22.3 Å². The first kappa shape index (κ1) is 26.3. The first-order valence-corrected chi connectivity index (χ1v) is 15.7. The van der Waals surface area contributed by atoms with Crippen LogP contribution in [0.15, 0.2) is 180 Å². The second-order valence-corrected chi connectivity index (χ2v) is 11.8. The average Bonchev–Trinajstić information content (AvgIpc) is 3.51. The third kappa shape index (κ3) is 4.43. The molecule has 2 heteroatoms. The van der Waals surface area contributed by atoms with Crippen molar-refractivity contribution in [3.05, 3.63) is 176 Å². The third-order valence-corrected chi connectivity index (χ3v) is 9.06. The molecule has 0 spiro atoms. The molecule has 2 nitrogen and oxygen atoms in total. The van der Waals surface area contributed by atoms with Crippen LogP contribution in [0.5, 0.6) is 0 Å². The first-order chi connectivity index (χ1) is 22.8. The van der Waals surface area contributed by atoms with E-state index < -0.39 is 0 Å². The van der Waals surface area contributed by atoms with E-state index in [-0.39, 0.29) is 0 Å². The summed E-state index contributed by atoms with van der Waals surface area (Å²) in [4.78, 5) is 2.35. The van der Waals surface area contributed by atoms with Gasteiger partial charge >= 0.3 is 0 Å². The summed E-state index contributed by atoms with van der Waals surface area (Å²) in [5.41, 5.74) is 9.84. The van der Waals surface area contributed by atoms with Crippen LogP contribution in [0.25, 0.3) is 65.7 Å². The Morgan fingerprint density at radius 3 is 1.76 bits per heavy atom. The lowest BCUT2D eigenvalue weighted by Gasteiger charge is -2.26. The van der Waals surface area contributed by atoms with Crippen molar-refractivity contribution in [2.45, 2.75) is 0 Å². The fourth-order valence-corrected chi connectivity index (χ4v) is 6.81. The third-order valence-electron chi connectivity index (χ3n) is 9.06. The van der Waals surface area contributed by atoms with Gasteiger partial charge in [0.15, 0.2) is 0 Å². The number of rotatable bonds is 5. The highest BCUT2D eigenvalue weighted by molar-refractivity contribution is 6.13. The average molecular weight is 588 g/mol. The van der Waals surface area contributed by atoms with E-state index in [0.717, 1.165) is 39.0 Å². The van der Waals surface area contributed by atoms with Gasteiger partial charge in [0.05, 0.1) is 11.1 Å². The van der Waals surface area contributed by atoms with Gasteiger partial charge in [-0.25, -0.2) is 0 Å². The van der Waals surface area contributed by atoms with E-state index in [0.29, 0.717) is 0 Å². The van der Waals surface area contributed by atoms with Crippen molar-refractivity contribution >= 4 is 60.5 Å². The van der Waals surface area contributed by atoms with Crippen molar-refractivity contribution in [1.82, 2.24) is 0 Å². The van der Waals surface area contributed by atoms with Crippen LogP contribution in [0.1, 0.15) is 0 Å². The topological polar surface area (TPSA) is 16.4 Å². The molecule has 0 bridgehead atoms. The lowest BCUT2D eigenvalue weighted by Crippen LogP contribution is -2.10. The zero-order valence-corrected chi connectivity index (χ0v) is 25.1. The van der Waals surface area contributed by atoms with E-state index in [2.05, 4.69) is 169 Å². The number of nitrogens with zero attached hydrogens (tertiary/aromatic N) is 1. The molecule has 0 N–H and O–H groups in total. The Morgan fingerprint density at radius 2 is 0.957 bits per heavy atom. The van der Waals surface area contributed by atoms with E-state index in [9.17, 15) is 0 Å². The predicted octanol–water partition coefficient (Wildman–Crippen LogP) is 12.7. The van der Waals surface area contributed by atoms with Gasteiger partial charge in [0, 0.05) is 16.8 Å². The highest BCUT2D eigenvalue weighted by Crippen LogP contribution is 2.43. The van der Waals surface area contributed by atoms with Gasteiger partial charge in [-0.3, -0.25) is 0 Å². The Hall–Kier alpha value is -6.12. The van der Waals surface area contributed by atoms with Crippen LogP contribution < -0.4 is 4.90 Å². The van der Waals surface area contributed by atoms with Crippen molar-refractivity contribution in [2.75, 3.05) is 4.90 Å². The maximum atomic E-state index is 6.32. The zero-order chi connectivity index (χ0) is 30.5. The number of benzene rings is 8. The second kappa shape index (κ2) is 10.8. The Bertz CT molecular complexity index is 2520. The van der Waals surface area contributed by atoms with Crippen molar-refractivity contribution in [1.29, 1.82) is 0 Å². The first-order valence-electron chi connectivity index (χ1n) is 15.7. The van der Waals surface area contributed by atoms with Crippen LogP contribution in [0.2, 0.25) is 0 Å². The molecule has 0 aliphatic carbocycles. The van der Waals surface area contributed by atoms with E-state index in [4.69, 9.17) is 4.42 Å². The quantitative estimate of drug-likeness (QED) is 0.199. The van der Waals surface area contributed by atoms with E-state index in [1.54, 1.807) is 0 Å². The summed E-state index contributed by atoms with van der Waals surface area (Å²) < 4.78 is 6.32. The summed E-state index contributed by atoms with van der Waals surface area (Å²) in [7, 11) is 0. The van der Waals surface area contributed by atoms with Gasteiger partial charge in [0.25, 0.3) is 0 Å². The minimum atomic E-state index is 0.879.